The van der Waals surface area contributed by atoms with Crippen LogP contribution in [0.3, 0.4) is 0 Å². The van der Waals surface area contributed by atoms with Crippen molar-refractivity contribution in [2.24, 2.45) is 10.9 Å². The van der Waals surface area contributed by atoms with Gasteiger partial charge in [-0.3, -0.25) is 4.99 Å². The maximum absolute atomic E-state index is 4.86. The van der Waals surface area contributed by atoms with Crippen molar-refractivity contribution in [3.63, 3.8) is 0 Å². The molecule has 0 saturated carbocycles. The molecule has 1 aromatic carbocycles. The molecule has 3 rings (SSSR count). The third-order valence-electron chi connectivity index (χ3n) is 4.34. The van der Waals surface area contributed by atoms with Crippen LogP contribution in [0.15, 0.2) is 29.3 Å². The molecule has 0 unspecified atom stereocenters. The number of amidine groups is 1. The monoisotopic (exact) mass is 257 g/mol. The normalized spacial score (nSPS) is 20.8. The van der Waals surface area contributed by atoms with Crippen LogP contribution in [0.2, 0.25) is 0 Å². The number of hydrogen-bond donors (Lipinski definition) is 0. The number of benzodiazepines with no additional fused rings is 1. The van der Waals surface area contributed by atoms with Crippen molar-refractivity contribution in [1.29, 1.82) is 0 Å². The lowest BCUT2D eigenvalue weighted by atomic mass is 9.98. The maximum atomic E-state index is 4.86. The predicted molar refractivity (Wildman–Crippen MR) is 81.1 cm³/mol. The van der Waals surface area contributed by atoms with Crippen LogP contribution >= 0.6 is 0 Å². The number of anilines is 1. The van der Waals surface area contributed by atoms with E-state index in [1.165, 1.54) is 29.9 Å². The molecule has 102 valence electrons. The van der Waals surface area contributed by atoms with Crippen LogP contribution in [0.25, 0.3) is 0 Å². The molecule has 19 heavy (non-hydrogen) atoms. The number of benzene rings is 1. The van der Waals surface area contributed by atoms with Crippen molar-refractivity contribution in [3.05, 3.63) is 29.8 Å². The summed E-state index contributed by atoms with van der Waals surface area (Å²) in [5.41, 5.74) is 2.62. The molecule has 0 aromatic heterocycles. The van der Waals surface area contributed by atoms with E-state index >= 15 is 0 Å². The van der Waals surface area contributed by atoms with E-state index in [2.05, 4.69) is 48.0 Å². The van der Waals surface area contributed by atoms with Crippen LogP contribution in [0.1, 0.15) is 25.3 Å². The summed E-state index contributed by atoms with van der Waals surface area (Å²) in [5.74, 6) is 2.08. The number of hydrogen-bond acceptors (Lipinski definition) is 3. The Hall–Kier alpha value is -1.51. The maximum Gasteiger partial charge on any atom is 0.133 e. The van der Waals surface area contributed by atoms with Crippen molar-refractivity contribution < 1.29 is 0 Å². The molecule has 0 N–H and O–H groups in total. The van der Waals surface area contributed by atoms with E-state index in [0.717, 1.165) is 32.1 Å². The third-order valence-corrected chi connectivity index (χ3v) is 4.34. The van der Waals surface area contributed by atoms with Crippen LogP contribution < -0.4 is 4.90 Å². The third kappa shape index (κ3) is 2.46. The van der Waals surface area contributed by atoms with E-state index in [1.807, 2.05) is 0 Å². The number of likely N-dealkylation sites (tertiary alicyclic amines) is 1. The van der Waals surface area contributed by atoms with Crippen molar-refractivity contribution in [2.45, 2.75) is 19.8 Å². The first-order chi connectivity index (χ1) is 9.25. The van der Waals surface area contributed by atoms with Crippen LogP contribution in [0, 0.1) is 5.92 Å². The first-order valence-corrected chi connectivity index (χ1v) is 7.35. The van der Waals surface area contributed by atoms with Gasteiger partial charge in [0, 0.05) is 37.9 Å². The van der Waals surface area contributed by atoms with Gasteiger partial charge in [-0.05, 0) is 30.9 Å². The van der Waals surface area contributed by atoms with Gasteiger partial charge in [-0.2, -0.15) is 0 Å². The highest BCUT2D eigenvalue weighted by Crippen LogP contribution is 2.26. The zero-order valence-corrected chi connectivity index (χ0v) is 12.0. The van der Waals surface area contributed by atoms with Gasteiger partial charge in [0.05, 0.1) is 6.54 Å². The fourth-order valence-electron chi connectivity index (χ4n) is 3.00. The number of nitrogens with zero attached hydrogens (tertiary/aromatic N) is 3. The summed E-state index contributed by atoms with van der Waals surface area (Å²) in [5, 5.41) is 0. The van der Waals surface area contributed by atoms with E-state index < -0.39 is 0 Å². The molecule has 1 aromatic rings. The molecule has 3 nitrogen and oxygen atoms in total. The first-order valence-electron chi connectivity index (χ1n) is 7.35. The van der Waals surface area contributed by atoms with Gasteiger partial charge in [-0.25, -0.2) is 0 Å². The van der Waals surface area contributed by atoms with E-state index in [-0.39, 0.29) is 0 Å². The van der Waals surface area contributed by atoms with Gasteiger partial charge in [0.25, 0.3) is 0 Å². The minimum Gasteiger partial charge on any atom is -0.372 e. The molecule has 0 aliphatic carbocycles. The fourth-order valence-corrected chi connectivity index (χ4v) is 3.00. The lowest BCUT2D eigenvalue weighted by Crippen LogP contribution is -2.38. The molecule has 2 aliphatic heterocycles. The van der Waals surface area contributed by atoms with Crippen molar-refractivity contribution in [1.82, 2.24) is 4.90 Å². The molecule has 0 atom stereocenters. The number of aliphatic imine (C=N–C) groups is 1. The molecule has 2 heterocycles. The molecule has 0 amide bonds. The second kappa shape index (κ2) is 5.24. The van der Waals surface area contributed by atoms with Crippen molar-refractivity contribution >= 4 is 11.5 Å². The largest absolute Gasteiger partial charge is 0.372 e. The van der Waals surface area contributed by atoms with Crippen molar-refractivity contribution in [3.8, 4) is 0 Å². The summed E-state index contributed by atoms with van der Waals surface area (Å²) in [6, 6.07) is 8.67. The quantitative estimate of drug-likeness (QED) is 0.711. The second-order valence-corrected chi connectivity index (χ2v) is 5.81. The second-order valence-electron chi connectivity index (χ2n) is 5.81. The highest BCUT2D eigenvalue weighted by molar-refractivity contribution is 6.04. The molecule has 0 radical (unpaired) electrons. The van der Waals surface area contributed by atoms with Crippen LogP contribution in [0.4, 0.5) is 5.69 Å². The van der Waals surface area contributed by atoms with Gasteiger partial charge in [-0.1, -0.05) is 19.1 Å². The van der Waals surface area contributed by atoms with Gasteiger partial charge in [0.15, 0.2) is 0 Å². The number of likely N-dealkylation sites (N-methyl/N-ethyl adjacent to an activating group) is 1. The Morgan fingerprint density at radius 1 is 1.11 bits per heavy atom. The summed E-state index contributed by atoms with van der Waals surface area (Å²) >= 11 is 0. The van der Waals surface area contributed by atoms with Gasteiger partial charge in [0.1, 0.15) is 5.84 Å². The molecule has 1 saturated heterocycles. The van der Waals surface area contributed by atoms with Gasteiger partial charge in [0.2, 0.25) is 0 Å². The highest BCUT2D eigenvalue weighted by atomic mass is 15.2. The molecular weight excluding hydrogens is 234 g/mol. The fraction of sp³-hybridized carbons (Fsp3) is 0.562. The number of piperidine rings is 1. The molecule has 2 aliphatic rings. The van der Waals surface area contributed by atoms with E-state index in [4.69, 9.17) is 4.99 Å². The Morgan fingerprint density at radius 3 is 2.63 bits per heavy atom. The Morgan fingerprint density at radius 2 is 1.84 bits per heavy atom. The summed E-state index contributed by atoms with van der Waals surface area (Å²) in [6.45, 7) is 6.56. The average Bonchev–Trinajstić information content (AvgIpc) is 2.60. The van der Waals surface area contributed by atoms with E-state index in [0.29, 0.717) is 0 Å². The van der Waals surface area contributed by atoms with Crippen molar-refractivity contribution in [2.75, 3.05) is 38.1 Å². The first kappa shape index (κ1) is 12.5. The molecule has 0 bridgehead atoms. The standard InChI is InChI=1S/C16H23N3/c1-13-7-10-19(11-8-13)16-14-5-3-4-6-15(14)18(2)12-9-17-16/h3-6,13H,7-12H2,1-2H3. The minimum atomic E-state index is 0.862. The molecule has 1 fully saturated rings. The Kier molecular flexibility index (Phi) is 3.45. The SMILES string of the molecule is CC1CCN(C2=NCCN(C)c3ccccc32)CC1. The Bertz CT molecular complexity index is 473. The lowest BCUT2D eigenvalue weighted by Gasteiger charge is -2.33. The summed E-state index contributed by atoms with van der Waals surface area (Å²) < 4.78 is 0. The van der Waals surface area contributed by atoms with Gasteiger partial charge < -0.3 is 9.80 Å². The number of para-hydroxylation sites is 1. The summed E-state index contributed by atoms with van der Waals surface area (Å²) in [4.78, 5) is 9.67. The minimum absolute atomic E-state index is 0.862. The Balaban J connectivity index is 1.92. The zero-order chi connectivity index (χ0) is 13.2. The van der Waals surface area contributed by atoms with Gasteiger partial charge in [-0.15, -0.1) is 0 Å². The number of fused-ring (bicyclic) bond motifs is 1. The lowest BCUT2D eigenvalue weighted by molar-refractivity contribution is 0.280. The topological polar surface area (TPSA) is 18.8 Å². The molecular formula is C16H23N3. The molecule has 3 heteroatoms. The molecule has 0 spiro atoms. The average molecular weight is 257 g/mol. The summed E-state index contributed by atoms with van der Waals surface area (Å²) in [6.07, 6.45) is 2.58. The summed E-state index contributed by atoms with van der Waals surface area (Å²) in [7, 11) is 2.16. The van der Waals surface area contributed by atoms with E-state index in [1.54, 1.807) is 0 Å². The smallest absolute Gasteiger partial charge is 0.133 e. The number of rotatable bonds is 0. The van der Waals surface area contributed by atoms with Gasteiger partial charge >= 0.3 is 0 Å². The highest BCUT2D eigenvalue weighted by Gasteiger charge is 2.23. The Labute approximate surface area is 115 Å². The van der Waals surface area contributed by atoms with E-state index in [9.17, 15) is 0 Å². The zero-order valence-electron chi connectivity index (χ0n) is 12.0. The van der Waals surface area contributed by atoms with Crippen LogP contribution in [0.5, 0.6) is 0 Å². The predicted octanol–water partition coefficient (Wildman–Crippen LogP) is 2.61. The van der Waals surface area contributed by atoms with Crippen LogP contribution in [-0.4, -0.2) is 44.0 Å². The van der Waals surface area contributed by atoms with Crippen LogP contribution in [-0.2, 0) is 0 Å².